The van der Waals surface area contributed by atoms with E-state index in [0.717, 1.165) is 16.4 Å². The van der Waals surface area contributed by atoms with Gasteiger partial charge in [0, 0.05) is 44.4 Å². The second-order valence-corrected chi connectivity index (χ2v) is 8.92. The summed E-state index contributed by atoms with van der Waals surface area (Å²) in [4.78, 5) is 23.5. The molecular weight excluding hydrogens is 456 g/mol. The Balaban J connectivity index is 1.65. The van der Waals surface area contributed by atoms with E-state index in [4.69, 9.17) is 11.6 Å². The average molecular weight is 472 g/mol. The molecule has 1 heterocycles. The Morgan fingerprint density at radius 2 is 1.77 bits per heavy atom. The Labute approximate surface area is 181 Å². The highest BCUT2D eigenvalue weighted by Crippen LogP contribution is 2.26. The Morgan fingerprint density at radius 1 is 1.10 bits per heavy atom. The van der Waals surface area contributed by atoms with Crippen LogP contribution in [0.4, 0.5) is 14.5 Å². The van der Waals surface area contributed by atoms with Gasteiger partial charge >= 0.3 is 0 Å². The number of nitrogens with zero attached hydrogens (tertiary/aromatic N) is 3. The SMILES string of the molecule is O=C(/C=C/c1ccc(Cl)c([N+](=O)[O-])c1)N1CCN(S(=O)(=O)c2ccc(F)cc2F)CC1. The minimum atomic E-state index is -4.17. The molecule has 8 nitrogen and oxygen atoms in total. The molecule has 1 fully saturated rings. The van der Waals surface area contributed by atoms with E-state index in [9.17, 15) is 32.1 Å². The minimum absolute atomic E-state index is 0.0246. The molecule has 12 heteroatoms. The van der Waals surface area contributed by atoms with E-state index in [1.165, 1.54) is 35.3 Å². The lowest BCUT2D eigenvalue weighted by Crippen LogP contribution is -2.50. The molecule has 164 valence electrons. The Bertz CT molecular complexity index is 1170. The van der Waals surface area contributed by atoms with Crippen molar-refractivity contribution in [3.63, 3.8) is 0 Å². The van der Waals surface area contributed by atoms with Crippen LogP contribution in [-0.2, 0) is 14.8 Å². The summed E-state index contributed by atoms with van der Waals surface area (Å²) < 4.78 is 53.2. The first-order valence-electron chi connectivity index (χ1n) is 8.96. The number of piperazine rings is 1. The normalized spacial score (nSPS) is 15.4. The summed E-state index contributed by atoms with van der Waals surface area (Å²) in [6, 6.07) is 6.32. The van der Waals surface area contributed by atoms with Crippen molar-refractivity contribution in [3.8, 4) is 0 Å². The molecule has 1 aliphatic rings. The number of amides is 1. The van der Waals surface area contributed by atoms with Crippen LogP contribution in [0.3, 0.4) is 0 Å². The molecule has 1 saturated heterocycles. The molecule has 1 aliphatic heterocycles. The van der Waals surface area contributed by atoms with Crippen molar-refractivity contribution in [2.24, 2.45) is 0 Å². The zero-order chi connectivity index (χ0) is 22.8. The van der Waals surface area contributed by atoms with Gasteiger partial charge in [-0.2, -0.15) is 4.31 Å². The van der Waals surface area contributed by atoms with Crippen molar-refractivity contribution in [3.05, 3.63) is 74.8 Å². The summed E-state index contributed by atoms with van der Waals surface area (Å²) in [5, 5.41) is 10.9. The van der Waals surface area contributed by atoms with E-state index in [1.54, 1.807) is 0 Å². The van der Waals surface area contributed by atoms with Gasteiger partial charge in [0.2, 0.25) is 15.9 Å². The molecule has 2 aromatic carbocycles. The Kier molecular flexibility index (Phi) is 6.68. The van der Waals surface area contributed by atoms with Crippen molar-refractivity contribution in [2.45, 2.75) is 4.90 Å². The number of halogens is 3. The number of nitro benzene ring substituents is 1. The zero-order valence-electron chi connectivity index (χ0n) is 15.9. The molecule has 0 unspecified atom stereocenters. The molecule has 0 aromatic heterocycles. The summed E-state index contributed by atoms with van der Waals surface area (Å²) in [5.74, 6) is -2.48. The fourth-order valence-electron chi connectivity index (χ4n) is 3.02. The first-order chi connectivity index (χ1) is 14.6. The quantitative estimate of drug-likeness (QED) is 0.379. The van der Waals surface area contributed by atoms with Crippen molar-refractivity contribution in [1.29, 1.82) is 0 Å². The molecule has 31 heavy (non-hydrogen) atoms. The second kappa shape index (κ2) is 9.08. The second-order valence-electron chi connectivity index (χ2n) is 6.61. The first kappa shape index (κ1) is 22.8. The topological polar surface area (TPSA) is 101 Å². The summed E-state index contributed by atoms with van der Waals surface area (Å²) >= 11 is 5.75. The van der Waals surface area contributed by atoms with E-state index in [0.29, 0.717) is 11.6 Å². The van der Waals surface area contributed by atoms with Crippen molar-refractivity contribution < 1.29 is 26.9 Å². The number of rotatable bonds is 5. The van der Waals surface area contributed by atoms with E-state index in [1.807, 2.05) is 0 Å². The van der Waals surface area contributed by atoms with Gasteiger partial charge in [-0.3, -0.25) is 14.9 Å². The lowest BCUT2D eigenvalue weighted by Gasteiger charge is -2.33. The zero-order valence-corrected chi connectivity index (χ0v) is 17.4. The van der Waals surface area contributed by atoms with Gasteiger partial charge in [0.1, 0.15) is 21.6 Å². The third-order valence-electron chi connectivity index (χ3n) is 4.65. The van der Waals surface area contributed by atoms with Crippen LogP contribution in [0.5, 0.6) is 0 Å². The van der Waals surface area contributed by atoms with Crippen LogP contribution >= 0.6 is 11.6 Å². The number of carbonyl (C=O) groups excluding carboxylic acids is 1. The average Bonchev–Trinajstić information content (AvgIpc) is 2.72. The molecule has 1 amide bonds. The maximum Gasteiger partial charge on any atom is 0.288 e. The number of benzene rings is 2. The molecule has 3 rings (SSSR count). The Morgan fingerprint density at radius 3 is 2.39 bits per heavy atom. The lowest BCUT2D eigenvalue weighted by atomic mass is 10.2. The van der Waals surface area contributed by atoms with Crippen LogP contribution in [0.2, 0.25) is 5.02 Å². The summed E-state index contributed by atoms with van der Waals surface area (Å²) in [6.45, 7) is -0.00570. The number of carbonyl (C=O) groups is 1. The van der Waals surface area contributed by atoms with Gasteiger partial charge in [-0.1, -0.05) is 17.7 Å². The van der Waals surface area contributed by atoms with Crippen molar-refractivity contribution in [2.75, 3.05) is 26.2 Å². The van der Waals surface area contributed by atoms with Crippen LogP contribution in [0.1, 0.15) is 5.56 Å². The molecule has 2 aromatic rings. The molecule has 0 aliphatic carbocycles. The molecule has 0 spiro atoms. The maximum absolute atomic E-state index is 13.9. The summed E-state index contributed by atoms with van der Waals surface area (Å²) in [5.41, 5.74) is 0.112. The predicted molar refractivity (Wildman–Crippen MR) is 109 cm³/mol. The van der Waals surface area contributed by atoms with Crippen LogP contribution in [0, 0.1) is 21.7 Å². The van der Waals surface area contributed by atoms with Crippen LogP contribution in [-0.4, -0.2) is 54.6 Å². The maximum atomic E-state index is 13.9. The molecule has 0 bridgehead atoms. The first-order valence-corrected chi connectivity index (χ1v) is 10.8. The minimum Gasteiger partial charge on any atom is -0.337 e. The van der Waals surface area contributed by atoms with Gasteiger partial charge in [-0.25, -0.2) is 17.2 Å². The predicted octanol–water partition coefficient (Wildman–Crippen LogP) is 3.07. The van der Waals surface area contributed by atoms with E-state index in [2.05, 4.69) is 0 Å². The number of hydrogen-bond acceptors (Lipinski definition) is 5. The third kappa shape index (κ3) is 5.06. The standard InChI is InChI=1S/C19H16ClF2N3O5S/c20-15-4-1-13(11-17(15)25(27)28)2-6-19(26)23-7-9-24(10-8-23)31(29,30)18-5-3-14(21)12-16(18)22/h1-6,11-12H,7-10H2/b6-2+. The van der Waals surface area contributed by atoms with Crippen molar-refractivity contribution in [1.82, 2.24) is 9.21 Å². The van der Waals surface area contributed by atoms with Gasteiger partial charge in [0.05, 0.1) is 4.92 Å². The third-order valence-corrected chi connectivity index (χ3v) is 6.90. The molecule has 0 N–H and O–H groups in total. The largest absolute Gasteiger partial charge is 0.337 e. The number of nitro groups is 1. The monoisotopic (exact) mass is 471 g/mol. The molecule has 0 saturated carbocycles. The highest BCUT2D eigenvalue weighted by molar-refractivity contribution is 7.89. The summed E-state index contributed by atoms with van der Waals surface area (Å²) in [7, 11) is -4.17. The van der Waals surface area contributed by atoms with Gasteiger partial charge in [-0.05, 0) is 29.8 Å². The molecule has 0 atom stereocenters. The highest BCUT2D eigenvalue weighted by Gasteiger charge is 2.31. The molecule has 0 radical (unpaired) electrons. The number of hydrogen-bond donors (Lipinski definition) is 0. The lowest BCUT2D eigenvalue weighted by molar-refractivity contribution is -0.384. The Hall–Kier alpha value is -2.89. The van der Waals surface area contributed by atoms with Gasteiger partial charge in [0.15, 0.2) is 0 Å². The van der Waals surface area contributed by atoms with Gasteiger partial charge < -0.3 is 4.90 Å². The van der Waals surface area contributed by atoms with Gasteiger partial charge in [-0.15, -0.1) is 0 Å². The summed E-state index contributed by atoms with van der Waals surface area (Å²) in [6.07, 6.45) is 2.61. The fourth-order valence-corrected chi connectivity index (χ4v) is 4.67. The van der Waals surface area contributed by atoms with E-state index >= 15 is 0 Å². The van der Waals surface area contributed by atoms with Gasteiger partial charge in [0.25, 0.3) is 5.69 Å². The van der Waals surface area contributed by atoms with E-state index < -0.39 is 37.4 Å². The van der Waals surface area contributed by atoms with Crippen molar-refractivity contribution >= 4 is 39.3 Å². The molecular formula is C19H16ClF2N3O5S. The fraction of sp³-hybridized carbons (Fsp3) is 0.211. The van der Waals surface area contributed by atoms with Crippen LogP contribution in [0.15, 0.2) is 47.4 Å². The van der Waals surface area contributed by atoms with Crippen LogP contribution < -0.4 is 0 Å². The smallest absolute Gasteiger partial charge is 0.288 e. The number of sulfonamides is 1. The highest BCUT2D eigenvalue weighted by atomic mass is 35.5. The van der Waals surface area contributed by atoms with Crippen LogP contribution in [0.25, 0.3) is 6.08 Å². The van der Waals surface area contributed by atoms with E-state index in [-0.39, 0.29) is 36.9 Å².